The van der Waals surface area contributed by atoms with Gasteiger partial charge in [0, 0.05) is 6.42 Å². The van der Waals surface area contributed by atoms with Crippen LogP contribution in [0.4, 0.5) is 4.79 Å². The van der Waals surface area contributed by atoms with Crippen LogP contribution in [-0.4, -0.2) is 60.4 Å². The number of alkyl carbamates (subject to hydrolysis) is 1. The van der Waals surface area contributed by atoms with Gasteiger partial charge in [0.2, 0.25) is 5.91 Å². The number of esters is 2. The maximum atomic E-state index is 12.5. The van der Waals surface area contributed by atoms with Crippen LogP contribution in [0.25, 0.3) is 0 Å². The van der Waals surface area contributed by atoms with Crippen molar-refractivity contribution in [3.63, 3.8) is 0 Å². The van der Waals surface area contributed by atoms with Crippen LogP contribution in [0, 0.1) is 0 Å². The van der Waals surface area contributed by atoms with E-state index in [1.807, 2.05) is 6.07 Å². The fourth-order valence-electron chi connectivity index (χ4n) is 2.39. The molecule has 0 aliphatic heterocycles. The van der Waals surface area contributed by atoms with Crippen molar-refractivity contribution in [2.24, 2.45) is 0 Å². The van der Waals surface area contributed by atoms with Crippen molar-refractivity contribution in [3.8, 4) is 0 Å². The molecule has 0 bridgehead atoms. The summed E-state index contributed by atoms with van der Waals surface area (Å²) in [6, 6.07) is 6.61. The molecule has 10 nitrogen and oxygen atoms in total. The number of carbonyl (C=O) groups excluding carboxylic acids is 4. The maximum Gasteiger partial charge on any atom is 0.408 e. The molecule has 1 rings (SSSR count). The van der Waals surface area contributed by atoms with Crippen molar-refractivity contribution in [1.29, 1.82) is 0 Å². The molecule has 2 atom stereocenters. The highest BCUT2D eigenvalue weighted by atomic mass is 16.6. The monoisotopic (exact) mass is 438 g/mol. The Kier molecular flexibility index (Phi) is 10.5. The number of rotatable bonds is 10. The molecule has 0 saturated carbocycles. The van der Waals surface area contributed by atoms with E-state index in [0.717, 1.165) is 12.7 Å². The van der Waals surface area contributed by atoms with Crippen LogP contribution in [0.15, 0.2) is 30.3 Å². The molecule has 2 amide bonds. The lowest BCUT2D eigenvalue weighted by atomic mass is 10.1. The van der Waals surface area contributed by atoms with Gasteiger partial charge >= 0.3 is 18.0 Å². The number of benzene rings is 1. The molecule has 31 heavy (non-hydrogen) atoms. The van der Waals surface area contributed by atoms with Gasteiger partial charge in [0.25, 0.3) is 0 Å². The average Bonchev–Trinajstić information content (AvgIpc) is 2.72. The fourth-order valence-corrected chi connectivity index (χ4v) is 2.39. The zero-order valence-corrected chi connectivity index (χ0v) is 18.2. The minimum absolute atomic E-state index is 0.00546. The molecular formula is C21H30N2O8. The minimum Gasteiger partial charge on any atom is -0.467 e. The minimum atomic E-state index is -1.22. The number of hydrogen-bond donors (Lipinski definition) is 3. The number of hydrogen-bond acceptors (Lipinski definition) is 8. The van der Waals surface area contributed by atoms with E-state index in [1.54, 1.807) is 45.0 Å². The highest BCUT2D eigenvalue weighted by Gasteiger charge is 2.28. The van der Waals surface area contributed by atoms with Crippen molar-refractivity contribution < 1.29 is 38.5 Å². The van der Waals surface area contributed by atoms with Gasteiger partial charge in [0.05, 0.1) is 13.7 Å². The van der Waals surface area contributed by atoms with E-state index in [0.29, 0.717) is 0 Å². The van der Waals surface area contributed by atoms with Gasteiger partial charge in [-0.25, -0.2) is 14.4 Å². The molecule has 0 heterocycles. The molecule has 3 N–H and O–H groups in total. The molecular weight excluding hydrogens is 408 g/mol. The van der Waals surface area contributed by atoms with Crippen LogP contribution in [0.1, 0.15) is 39.2 Å². The van der Waals surface area contributed by atoms with E-state index in [-0.39, 0.29) is 19.4 Å². The Morgan fingerprint density at radius 1 is 1.00 bits per heavy atom. The number of nitrogens with one attached hydrogen (secondary N) is 2. The Labute approximate surface area is 181 Å². The highest BCUT2D eigenvalue weighted by Crippen LogP contribution is 2.11. The van der Waals surface area contributed by atoms with Crippen LogP contribution in [0.2, 0.25) is 0 Å². The van der Waals surface area contributed by atoms with Gasteiger partial charge in [-0.3, -0.25) is 4.79 Å². The van der Waals surface area contributed by atoms with Gasteiger partial charge in [-0.15, -0.1) is 0 Å². The summed E-state index contributed by atoms with van der Waals surface area (Å²) in [6.07, 6.45) is -1.18. The van der Waals surface area contributed by atoms with Crippen LogP contribution in [0.3, 0.4) is 0 Å². The Balaban J connectivity index is 2.70. The van der Waals surface area contributed by atoms with E-state index in [9.17, 15) is 24.3 Å². The first kappa shape index (κ1) is 25.9. The fraction of sp³-hybridized carbons (Fsp3) is 0.524. The first-order valence-corrected chi connectivity index (χ1v) is 9.74. The number of aliphatic hydroxyl groups excluding tert-OH is 1. The average molecular weight is 438 g/mol. The van der Waals surface area contributed by atoms with Crippen molar-refractivity contribution in [3.05, 3.63) is 35.9 Å². The largest absolute Gasteiger partial charge is 0.467 e. The Bertz CT molecular complexity index is 745. The van der Waals surface area contributed by atoms with E-state index in [2.05, 4.69) is 15.4 Å². The second-order valence-electron chi connectivity index (χ2n) is 7.66. The van der Waals surface area contributed by atoms with Crippen molar-refractivity contribution >= 4 is 23.9 Å². The number of aliphatic hydroxyl groups is 1. The summed E-state index contributed by atoms with van der Waals surface area (Å²) in [5.74, 6) is -2.15. The summed E-state index contributed by atoms with van der Waals surface area (Å²) < 4.78 is 14.9. The second-order valence-corrected chi connectivity index (χ2v) is 7.66. The highest BCUT2D eigenvalue weighted by molar-refractivity contribution is 5.86. The summed E-state index contributed by atoms with van der Waals surface area (Å²) in [5.41, 5.74) is -0.0382. The summed E-state index contributed by atoms with van der Waals surface area (Å²) in [4.78, 5) is 48.2. The first-order valence-electron chi connectivity index (χ1n) is 9.74. The van der Waals surface area contributed by atoms with Crippen molar-refractivity contribution in [2.45, 2.75) is 57.9 Å². The molecule has 0 spiro atoms. The summed E-state index contributed by atoms with van der Waals surface area (Å²) in [5, 5.41) is 13.9. The van der Waals surface area contributed by atoms with Crippen LogP contribution >= 0.6 is 0 Å². The molecule has 0 fully saturated rings. The molecule has 10 heteroatoms. The number of carbonyl (C=O) groups is 4. The quantitative estimate of drug-likeness (QED) is 0.364. The van der Waals surface area contributed by atoms with Gasteiger partial charge < -0.3 is 30.0 Å². The lowest BCUT2D eigenvalue weighted by Crippen LogP contribution is -2.47. The van der Waals surface area contributed by atoms with Gasteiger partial charge in [0.15, 0.2) is 6.04 Å². The van der Waals surface area contributed by atoms with E-state index in [4.69, 9.17) is 9.47 Å². The molecule has 0 aliphatic carbocycles. The van der Waals surface area contributed by atoms with E-state index < -0.39 is 48.2 Å². The topological polar surface area (TPSA) is 140 Å². The third-order valence-corrected chi connectivity index (χ3v) is 3.86. The van der Waals surface area contributed by atoms with E-state index >= 15 is 0 Å². The summed E-state index contributed by atoms with van der Waals surface area (Å²) in [6.45, 7) is 4.38. The Hall–Kier alpha value is -3.14. The lowest BCUT2D eigenvalue weighted by Gasteiger charge is -2.24. The molecule has 0 saturated heterocycles. The van der Waals surface area contributed by atoms with Gasteiger partial charge in [-0.2, -0.15) is 0 Å². The van der Waals surface area contributed by atoms with Crippen LogP contribution < -0.4 is 10.6 Å². The summed E-state index contributed by atoms with van der Waals surface area (Å²) >= 11 is 0. The molecule has 0 aromatic heterocycles. The van der Waals surface area contributed by atoms with Gasteiger partial charge in [-0.1, -0.05) is 30.3 Å². The lowest BCUT2D eigenvalue weighted by molar-refractivity contribution is -0.157. The van der Waals surface area contributed by atoms with Gasteiger partial charge in [-0.05, 0) is 32.8 Å². The predicted molar refractivity (Wildman–Crippen MR) is 110 cm³/mol. The van der Waals surface area contributed by atoms with Crippen molar-refractivity contribution in [2.75, 3.05) is 13.7 Å². The summed E-state index contributed by atoms with van der Waals surface area (Å²) in [7, 11) is 1.13. The molecule has 0 aliphatic rings. The SMILES string of the molecule is COC(=O)[C@H](CO)NC(=O)CCC(NC(=O)OCc1ccccc1)C(=O)OC(C)(C)C. The molecule has 1 aromatic carbocycles. The van der Waals surface area contributed by atoms with Crippen LogP contribution in [0.5, 0.6) is 0 Å². The van der Waals surface area contributed by atoms with Crippen LogP contribution in [-0.2, 0) is 35.2 Å². The number of ether oxygens (including phenoxy) is 3. The Morgan fingerprint density at radius 2 is 1.65 bits per heavy atom. The van der Waals surface area contributed by atoms with Gasteiger partial charge in [0.1, 0.15) is 18.2 Å². The zero-order valence-electron chi connectivity index (χ0n) is 18.2. The zero-order chi connectivity index (χ0) is 23.4. The molecule has 1 aromatic rings. The number of amides is 2. The second kappa shape index (κ2) is 12.5. The standard InChI is InChI=1S/C21H30N2O8/c1-21(2,3)31-19(27)15(10-11-17(25)22-16(12-24)18(26)29-4)23-20(28)30-13-14-8-6-5-7-9-14/h5-9,15-16,24H,10-13H2,1-4H3,(H,22,25)(H,23,28)/t15?,16-/m0/s1. The smallest absolute Gasteiger partial charge is 0.408 e. The Morgan fingerprint density at radius 3 is 2.19 bits per heavy atom. The van der Waals surface area contributed by atoms with E-state index in [1.165, 1.54) is 0 Å². The third-order valence-electron chi connectivity index (χ3n) is 3.86. The molecule has 1 unspecified atom stereocenters. The first-order chi connectivity index (χ1) is 14.6. The van der Waals surface area contributed by atoms with Crippen molar-refractivity contribution in [1.82, 2.24) is 10.6 Å². The third kappa shape index (κ3) is 10.4. The predicted octanol–water partition coefficient (Wildman–Crippen LogP) is 1.05. The number of methoxy groups -OCH3 is 1. The normalized spacial score (nSPS) is 12.8. The molecule has 172 valence electrons. The maximum absolute atomic E-state index is 12.5. The molecule has 0 radical (unpaired) electrons.